The number of aryl methyl sites for hydroxylation is 2. The third kappa shape index (κ3) is 2.99. The van der Waals surface area contributed by atoms with E-state index >= 15 is 0 Å². The normalized spacial score (nSPS) is 10.3. The lowest BCUT2D eigenvalue weighted by Crippen LogP contribution is -2.09. The highest BCUT2D eigenvalue weighted by Crippen LogP contribution is 2.02. The van der Waals surface area contributed by atoms with E-state index in [1.807, 2.05) is 13.1 Å². The topological polar surface area (TPSA) is 60.9 Å². The Morgan fingerprint density at radius 1 is 1.62 bits per heavy atom. The SMILES string of the molecule is Cn1nccc1CCC(=O)CCN. The van der Waals surface area contributed by atoms with Crippen LogP contribution >= 0.6 is 0 Å². The van der Waals surface area contributed by atoms with Gasteiger partial charge in [-0.25, -0.2) is 0 Å². The van der Waals surface area contributed by atoms with Crippen molar-refractivity contribution in [3.63, 3.8) is 0 Å². The summed E-state index contributed by atoms with van der Waals surface area (Å²) in [6, 6.07) is 1.93. The fraction of sp³-hybridized carbons (Fsp3) is 0.556. The molecule has 4 nitrogen and oxygen atoms in total. The maximum Gasteiger partial charge on any atom is 0.134 e. The highest BCUT2D eigenvalue weighted by atomic mass is 16.1. The van der Waals surface area contributed by atoms with Gasteiger partial charge in [0.15, 0.2) is 0 Å². The van der Waals surface area contributed by atoms with Crippen molar-refractivity contribution in [3.8, 4) is 0 Å². The molecule has 0 aliphatic carbocycles. The molecular weight excluding hydrogens is 166 g/mol. The largest absolute Gasteiger partial charge is 0.330 e. The van der Waals surface area contributed by atoms with Crippen LogP contribution in [0.2, 0.25) is 0 Å². The summed E-state index contributed by atoms with van der Waals surface area (Å²) >= 11 is 0. The van der Waals surface area contributed by atoms with Crippen molar-refractivity contribution in [3.05, 3.63) is 18.0 Å². The van der Waals surface area contributed by atoms with Gasteiger partial charge in [0.05, 0.1) is 0 Å². The van der Waals surface area contributed by atoms with Gasteiger partial charge in [0, 0.05) is 31.8 Å². The maximum absolute atomic E-state index is 11.1. The highest BCUT2D eigenvalue weighted by molar-refractivity contribution is 5.78. The summed E-state index contributed by atoms with van der Waals surface area (Å²) in [7, 11) is 1.88. The molecule has 0 spiro atoms. The monoisotopic (exact) mass is 181 g/mol. The third-order valence-electron chi connectivity index (χ3n) is 2.01. The van der Waals surface area contributed by atoms with Crippen LogP contribution in [-0.4, -0.2) is 22.1 Å². The minimum atomic E-state index is 0.226. The van der Waals surface area contributed by atoms with Crippen molar-refractivity contribution in [2.45, 2.75) is 19.3 Å². The molecule has 1 heterocycles. The number of Topliss-reactive ketones (excluding diaryl/α,β-unsaturated/α-hetero) is 1. The summed E-state index contributed by atoms with van der Waals surface area (Å²) in [6.45, 7) is 0.449. The first kappa shape index (κ1) is 9.92. The van der Waals surface area contributed by atoms with Crippen molar-refractivity contribution in [1.29, 1.82) is 0 Å². The van der Waals surface area contributed by atoms with Crippen LogP contribution in [0, 0.1) is 0 Å². The van der Waals surface area contributed by atoms with Gasteiger partial charge in [-0.05, 0) is 19.0 Å². The van der Waals surface area contributed by atoms with Gasteiger partial charge in [-0.2, -0.15) is 5.10 Å². The van der Waals surface area contributed by atoms with Crippen LogP contribution in [0.15, 0.2) is 12.3 Å². The number of carbonyl (C=O) groups is 1. The third-order valence-corrected chi connectivity index (χ3v) is 2.01. The molecule has 0 unspecified atom stereocenters. The fourth-order valence-electron chi connectivity index (χ4n) is 1.20. The van der Waals surface area contributed by atoms with E-state index in [4.69, 9.17) is 5.73 Å². The molecule has 1 aromatic rings. The molecule has 2 N–H and O–H groups in total. The van der Waals surface area contributed by atoms with Gasteiger partial charge in [-0.1, -0.05) is 0 Å². The molecule has 0 bridgehead atoms. The van der Waals surface area contributed by atoms with Gasteiger partial charge in [-0.3, -0.25) is 9.48 Å². The molecule has 0 aliphatic rings. The summed E-state index contributed by atoms with van der Waals surface area (Å²) in [4.78, 5) is 11.1. The molecule has 0 fully saturated rings. The number of hydrogen-bond donors (Lipinski definition) is 1. The van der Waals surface area contributed by atoms with Crippen LogP contribution in [0.25, 0.3) is 0 Å². The fourth-order valence-corrected chi connectivity index (χ4v) is 1.20. The first-order chi connectivity index (χ1) is 6.24. The second-order valence-corrected chi connectivity index (χ2v) is 3.02. The number of aromatic nitrogens is 2. The van der Waals surface area contributed by atoms with E-state index in [0.29, 0.717) is 19.4 Å². The molecule has 0 radical (unpaired) electrons. The van der Waals surface area contributed by atoms with E-state index in [1.165, 1.54) is 0 Å². The smallest absolute Gasteiger partial charge is 0.134 e. The zero-order valence-electron chi connectivity index (χ0n) is 7.86. The summed E-state index contributed by atoms with van der Waals surface area (Å²) in [6.07, 6.45) is 3.55. The molecule has 0 aliphatic heterocycles. The van der Waals surface area contributed by atoms with Gasteiger partial charge in [0.1, 0.15) is 5.78 Å². The number of rotatable bonds is 5. The van der Waals surface area contributed by atoms with Crippen LogP contribution in [0.5, 0.6) is 0 Å². The van der Waals surface area contributed by atoms with Crippen molar-refractivity contribution in [2.75, 3.05) is 6.54 Å². The second-order valence-electron chi connectivity index (χ2n) is 3.02. The molecule has 1 aromatic heterocycles. The zero-order valence-corrected chi connectivity index (χ0v) is 7.86. The van der Waals surface area contributed by atoms with Gasteiger partial charge < -0.3 is 5.73 Å². The van der Waals surface area contributed by atoms with Gasteiger partial charge in [0.25, 0.3) is 0 Å². The van der Waals surface area contributed by atoms with E-state index in [1.54, 1.807) is 10.9 Å². The molecule has 0 atom stereocenters. The Hall–Kier alpha value is -1.16. The highest BCUT2D eigenvalue weighted by Gasteiger charge is 2.03. The molecule has 0 aromatic carbocycles. The summed E-state index contributed by atoms with van der Waals surface area (Å²) in [5.74, 6) is 0.226. The van der Waals surface area contributed by atoms with Crippen LogP contribution in [-0.2, 0) is 18.3 Å². The first-order valence-corrected chi connectivity index (χ1v) is 4.42. The van der Waals surface area contributed by atoms with E-state index < -0.39 is 0 Å². The van der Waals surface area contributed by atoms with Gasteiger partial charge in [0.2, 0.25) is 0 Å². The molecule has 1 rings (SSSR count). The number of ketones is 1. The van der Waals surface area contributed by atoms with E-state index in [2.05, 4.69) is 5.10 Å². The van der Waals surface area contributed by atoms with Crippen molar-refractivity contribution >= 4 is 5.78 Å². The first-order valence-electron chi connectivity index (χ1n) is 4.42. The second kappa shape index (κ2) is 4.77. The van der Waals surface area contributed by atoms with Crippen molar-refractivity contribution < 1.29 is 4.79 Å². The average Bonchev–Trinajstić information content (AvgIpc) is 2.48. The van der Waals surface area contributed by atoms with E-state index in [0.717, 1.165) is 12.1 Å². The minimum Gasteiger partial charge on any atom is -0.330 e. The molecule has 0 amide bonds. The van der Waals surface area contributed by atoms with Gasteiger partial charge in [-0.15, -0.1) is 0 Å². The average molecular weight is 181 g/mol. The van der Waals surface area contributed by atoms with Crippen LogP contribution in [0.4, 0.5) is 0 Å². The Morgan fingerprint density at radius 3 is 2.92 bits per heavy atom. The van der Waals surface area contributed by atoms with Crippen LogP contribution in [0.1, 0.15) is 18.5 Å². The lowest BCUT2D eigenvalue weighted by atomic mass is 10.1. The molecule has 72 valence electrons. The Balaban J connectivity index is 2.35. The van der Waals surface area contributed by atoms with E-state index in [9.17, 15) is 4.79 Å². The Kier molecular flexibility index (Phi) is 3.64. The number of carbonyl (C=O) groups excluding carboxylic acids is 1. The predicted octanol–water partition coefficient (Wildman–Crippen LogP) is 0.271. The van der Waals surface area contributed by atoms with Crippen molar-refractivity contribution in [1.82, 2.24) is 9.78 Å². The van der Waals surface area contributed by atoms with Crippen LogP contribution < -0.4 is 5.73 Å². The quantitative estimate of drug-likeness (QED) is 0.709. The van der Waals surface area contributed by atoms with Gasteiger partial charge >= 0.3 is 0 Å². The summed E-state index contributed by atoms with van der Waals surface area (Å²) in [5.41, 5.74) is 6.36. The van der Waals surface area contributed by atoms with Crippen LogP contribution in [0.3, 0.4) is 0 Å². The minimum absolute atomic E-state index is 0.226. The summed E-state index contributed by atoms with van der Waals surface area (Å²) in [5, 5.41) is 4.02. The number of nitrogens with zero attached hydrogens (tertiary/aromatic N) is 2. The van der Waals surface area contributed by atoms with E-state index in [-0.39, 0.29) is 5.78 Å². The number of nitrogens with two attached hydrogens (primary N) is 1. The summed E-state index contributed by atoms with van der Waals surface area (Å²) < 4.78 is 1.79. The lowest BCUT2D eigenvalue weighted by Gasteiger charge is -2.00. The lowest BCUT2D eigenvalue weighted by molar-refractivity contribution is -0.118. The molecule has 0 saturated carbocycles. The zero-order chi connectivity index (χ0) is 9.68. The van der Waals surface area contributed by atoms with Crippen molar-refractivity contribution in [2.24, 2.45) is 12.8 Å². The molecular formula is C9H15N3O. The Labute approximate surface area is 77.7 Å². The molecule has 13 heavy (non-hydrogen) atoms. The Morgan fingerprint density at radius 2 is 2.38 bits per heavy atom. The molecule has 0 saturated heterocycles. The Bertz CT molecular complexity index is 280. The number of hydrogen-bond acceptors (Lipinski definition) is 3. The molecule has 4 heteroatoms. The standard InChI is InChI=1S/C9H15N3O/c1-12-8(5-7-11-12)2-3-9(13)4-6-10/h5,7H,2-4,6,10H2,1H3. The maximum atomic E-state index is 11.1. The predicted molar refractivity (Wildman–Crippen MR) is 50.2 cm³/mol.